The molecule has 0 radical (unpaired) electrons. The topological polar surface area (TPSA) is 50.3 Å². The summed E-state index contributed by atoms with van der Waals surface area (Å²) >= 11 is 0. The van der Waals surface area contributed by atoms with Crippen molar-refractivity contribution in [2.75, 3.05) is 32.1 Å². The standard InChI is InChI=1S/C13H24N4O/c1-10-11(14-9-15-12(10)18-6)17(5)8-7-16-13(2,3)4/h9,16H,7-8H2,1-6H3. The average Bonchev–Trinajstić information content (AvgIpc) is 2.27. The highest BCUT2D eigenvalue weighted by atomic mass is 16.5. The van der Waals surface area contributed by atoms with E-state index in [1.807, 2.05) is 14.0 Å². The predicted molar refractivity (Wildman–Crippen MR) is 74.3 cm³/mol. The Labute approximate surface area is 110 Å². The van der Waals surface area contributed by atoms with Gasteiger partial charge in [-0.05, 0) is 27.7 Å². The lowest BCUT2D eigenvalue weighted by Crippen LogP contribution is -2.40. The number of methoxy groups -OCH3 is 1. The van der Waals surface area contributed by atoms with E-state index >= 15 is 0 Å². The Morgan fingerprint density at radius 1 is 1.33 bits per heavy atom. The number of nitrogens with zero attached hydrogens (tertiary/aromatic N) is 3. The third-order valence-electron chi connectivity index (χ3n) is 2.67. The van der Waals surface area contributed by atoms with Gasteiger partial charge in [0.1, 0.15) is 12.1 Å². The number of hydrogen-bond donors (Lipinski definition) is 1. The van der Waals surface area contributed by atoms with Gasteiger partial charge < -0.3 is 15.0 Å². The molecule has 0 amide bonds. The number of anilines is 1. The molecule has 1 heterocycles. The van der Waals surface area contributed by atoms with E-state index in [0.29, 0.717) is 5.88 Å². The first-order valence-electron chi connectivity index (χ1n) is 6.17. The van der Waals surface area contributed by atoms with E-state index in [1.165, 1.54) is 6.33 Å². The lowest BCUT2D eigenvalue weighted by Gasteiger charge is -2.25. The highest BCUT2D eigenvalue weighted by Crippen LogP contribution is 2.22. The maximum Gasteiger partial charge on any atom is 0.221 e. The molecule has 0 atom stereocenters. The van der Waals surface area contributed by atoms with E-state index in [9.17, 15) is 0 Å². The minimum atomic E-state index is 0.138. The maximum absolute atomic E-state index is 5.20. The zero-order valence-electron chi connectivity index (χ0n) is 12.2. The second-order valence-corrected chi connectivity index (χ2v) is 5.43. The van der Waals surface area contributed by atoms with Crippen molar-refractivity contribution < 1.29 is 4.74 Å². The predicted octanol–water partition coefficient (Wildman–Crippen LogP) is 1.62. The van der Waals surface area contributed by atoms with Crippen LogP contribution in [0, 0.1) is 6.92 Å². The Morgan fingerprint density at radius 3 is 2.56 bits per heavy atom. The van der Waals surface area contributed by atoms with Gasteiger partial charge in [0, 0.05) is 25.7 Å². The molecule has 0 bridgehead atoms. The molecule has 1 aromatic heterocycles. The molecule has 0 aliphatic rings. The second-order valence-electron chi connectivity index (χ2n) is 5.43. The summed E-state index contributed by atoms with van der Waals surface area (Å²) in [6.07, 6.45) is 1.54. The van der Waals surface area contributed by atoms with Crippen molar-refractivity contribution in [3.63, 3.8) is 0 Å². The number of rotatable bonds is 5. The van der Waals surface area contributed by atoms with Gasteiger partial charge in [0.05, 0.1) is 12.7 Å². The van der Waals surface area contributed by atoms with Crippen LogP contribution >= 0.6 is 0 Å². The quantitative estimate of drug-likeness (QED) is 0.863. The van der Waals surface area contributed by atoms with Gasteiger partial charge in [-0.3, -0.25) is 0 Å². The fourth-order valence-electron chi connectivity index (χ4n) is 1.72. The summed E-state index contributed by atoms with van der Waals surface area (Å²) in [5.74, 6) is 1.55. The van der Waals surface area contributed by atoms with Gasteiger partial charge >= 0.3 is 0 Å². The Hall–Kier alpha value is -1.36. The molecule has 0 unspecified atom stereocenters. The van der Waals surface area contributed by atoms with E-state index in [1.54, 1.807) is 7.11 Å². The average molecular weight is 252 g/mol. The summed E-state index contributed by atoms with van der Waals surface area (Å²) in [6.45, 7) is 10.2. The molecular weight excluding hydrogens is 228 g/mol. The molecule has 0 spiro atoms. The monoisotopic (exact) mass is 252 g/mol. The third kappa shape index (κ3) is 4.14. The molecule has 0 aliphatic carbocycles. The lowest BCUT2D eigenvalue weighted by molar-refractivity contribution is 0.393. The molecule has 5 nitrogen and oxygen atoms in total. The van der Waals surface area contributed by atoms with Gasteiger partial charge in [-0.1, -0.05) is 0 Å². The van der Waals surface area contributed by atoms with Crippen molar-refractivity contribution in [1.82, 2.24) is 15.3 Å². The zero-order chi connectivity index (χ0) is 13.8. The fourth-order valence-corrected chi connectivity index (χ4v) is 1.72. The lowest BCUT2D eigenvalue weighted by atomic mass is 10.1. The number of ether oxygens (including phenoxy) is 1. The van der Waals surface area contributed by atoms with Crippen LogP contribution < -0.4 is 15.0 Å². The Kier molecular flexibility index (Phi) is 4.90. The van der Waals surface area contributed by atoms with Crippen LogP contribution in [0.1, 0.15) is 26.3 Å². The fraction of sp³-hybridized carbons (Fsp3) is 0.692. The molecule has 0 aromatic carbocycles. The normalized spacial score (nSPS) is 11.4. The smallest absolute Gasteiger partial charge is 0.221 e. The Morgan fingerprint density at radius 2 is 2.00 bits per heavy atom. The van der Waals surface area contributed by atoms with Crippen molar-refractivity contribution in [2.24, 2.45) is 0 Å². The van der Waals surface area contributed by atoms with E-state index in [4.69, 9.17) is 4.74 Å². The number of hydrogen-bond acceptors (Lipinski definition) is 5. The highest BCUT2D eigenvalue weighted by molar-refractivity contribution is 5.49. The van der Waals surface area contributed by atoms with Gasteiger partial charge in [-0.15, -0.1) is 0 Å². The summed E-state index contributed by atoms with van der Waals surface area (Å²) in [4.78, 5) is 10.5. The van der Waals surface area contributed by atoms with E-state index in [-0.39, 0.29) is 5.54 Å². The number of aromatic nitrogens is 2. The first-order valence-corrected chi connectivity index (χ1v) is 6.17. The SMILES string of the molecule is COc1ncnc(N(C)CCNC(C)(C)C)c1C. The van der Waals surface area contributed by atoms with E-state index < -0.39 is 0 Å². The van der Waals surface area contributed by atoms with E-state index in [0.717, 1.165) is 24.5 Å². The molecule has 5 heteroatoms. The summed E-state index contributed by atoms with van der Waals surface area (Å²) < 4.78 is 5.20. The van der Waals surface area contributed by atoms with Crippen LogP contribution in [-0.2, 0) is 0 Å². The molecule has 1 rings (SSSR count). The first-order chi connectivity index (χ1) is 8.35. The van der Waals surface area contributed by atoms with Crippen LogP contribution in [-0.4, -0.2) is 42.8 Å². The largest absolute Gasteiger partial charge is 0.481 e. The summed E-state index contributed by atoms with van der Waals surface area (Å²) in [5.41, 5.74) is 1.11. The van der Waals surface area contributed by atoms with Crippen LogP contribution in [0.2, 0.25) is 0 Å². The van der Waals surface area contributed by atoms with Crippen molar-refractivity contribution in [2.45, 2.75) is 33.2 Å². The van der Waals surface area contributed by atoms with Crippen LogP contribution in [0.5, 0.6) is 5.88 Å². The highest BCUT2D eigenvalue weighted by Gasteiger charge is 2.13. The Bertz CT molecular complexity index is 387. The van der Waals surface area contributed by atoms with Gasteiger partial charge in [-0.25, -0.2) is 9.97 Å². The summed E-state index contributed by atoms with van der Waals surface area (Å²) in [7, 11) is 3.65. The minimum Gasteiger partial charge on any atom is -0.481 e. The second kappa shape index (κ2) is 6.00. The molecule has 102 valence electrons. The summed E-state index contributed by atoms with van der Waals surface area (Å²) in [6, 6.07) is 0. The molecule has 0 saturated carbocycles. The molecule has 0 fully saturated rings. The van der Waals surface area contributed by atoms with Crippen molar-refractivity contribution in [1.29, 1.82) is 0 Å². The van der Waals surface area contributed by atoms with Gasteiger partial charge in [0.15, 0.2) is 0 Å². The van der Waals surface area contributed by atoms with Crippen LogP contribution in [0.4, 0.5) is 5.82 Å². The number of nitrogens with one attached hydrogen (secondary N) is 1. The molecule has 0 aliphatic heterocycles. The number of likely N-dealkylation sites (N-methyl/N-ethyl adjacent to an activating group) is 1. The maximum atomic E-state index is 5.20. The minimum absolute atomic E-state index is 0.138. The zero-order valence-corrected chi connectivity index (χ0v) is 12.2. The molecular formula is C13H24N4O. The van der Waals surface area contributed by atoms with Gasteiger partial charge in [0.2, 0.25) is 5.88 Å². The molecule has 0 saturated heterocycles. The van der Waals surface area contributed by atoms with E-state index in [2.05, 4.69) is 41.0 Å². The van der Waals surface area contributed by atoms with Gasteiger partial charge in [0.25, 0.3) is 0 Å². The first kappa shape index (κ1) is 14.7. The van der Waals surface area contributed by atoms with Crippen LogP contribution in [0.25, 0.3) is 0 Å². The van der Waals surface area contributed by atoms with Crippen LogP contribution in [0.3, 0.4) is 0 Å². The molecule has 1 N–H and O–H groups in total. The van der Waals surface area contributed by atoms with Crippen molar-refractivity contribution in [3.8, 4) is 5.88 Å². The van der Waals surface area contributed by atoms with Gasteiger partial charge in [-0.2, -0.15) is 0 Å². The Balaban J connectivity index is 2.64. The van der Waals surface area contributed by atoms with Crippen LogP contribution in [0.15, 0.2) is 6.33 Å². The third-order valence-corrected chi connectivity index (χ3v) is 2.67. The molecule has 18 heavy (non-hydrogen) atoms. The molecule has 1 aromatic rings. The summed E-state index contributed by atoms with van der Waals surface area (Å²) in [5, 5.41) is 3.45. The van der Waals surface area contributed by atoms with Crippen molar-refractivity contribution >= 4 is 5.82 Å². The van der Waals surface area contributed by atoms with Crippen molar-refractivity contribution in [3.05, 3.63) is 11.9 Å².